The highest BCUT2D eigenvalue weighted by Crippen LogP contribution is 2.21. The number of esters is 2. The van der Waals surface area contributed by atoms with Gasteiger partial charge in [-0.15, -0.1) is 0 Å². The Morgan fingerprint density at radius 1 is 1.33 bits per heavy atom. The number of carbonyl (C=O) groups is 2. The molecule has 0 saturated heterocycles. The van der Waals surface area contributed by atoms with Crippen molar-refractivity contribution in [3.8, 4) is 0 Å². The van der Waals surface area contributed by atoms with Crippen molar-refractivity contribution in [1.82, 2.24) is 4.98 Å². The van der Waals surface area contributed by atoms with Crippen LogP contribution in [0.1, 0.15) is 48.8 Å². The van der Waals surface area contributed by atoms with Crippen LogP contribution < -0.4 is 0 Å². The van der Waals surface area contributed by atoms with E-state index in [4.69, 9.17) is 14.2 Å². The van der Waals surface area contributed by atoms with Crippen LogP contribution in [0.4, 0.5) is 0 Å². The van der Waals surface area contributed by atoms with E-state index in [9.17, 15) is 9.59 Å². The number of aromatic nitrogens is 1. The van der Waals surface area contributed by atoms with Gasteiger partial charge in [-0.25, -0.2) is 4.79 Å². The number of hydrogen-bond donors (Lipinski definition) is 1. The van der Waals surface area contributed by atoms with Crippen molar-refractivity contribution in [3.05, 3.63) is 41.9 Å². The van der Waals surface area contributed by atoms with Crippen LogP contribution in [0.25, 0.3) is 6.08 Å². The van der Waals surface area contributed by atoms with Crippen LogP contribution in [0, 0.1) is 0 Å². The van der Waals surface area contributed by atoms with Crippen LogP contribution in [0.2, 0.25) is 0 Å². The van der Waals surface area contributed by atoms with E-state index in [1.165, 1.54) is 19.4 Å². The minimum absolute atomic E-state index is 0.148. The molecule has 132 valence electrons. The van der Waals surface area contributed by atoms with Gasteiger partial charge in [0.2, 0.25) is 0 Å². The quantitative estimate of drug-likeness (QED) is 0.448. The molecule has 0 spiro atoms. The van der Waals surface area contributed by atoms with E-state index < -0.39 is 11.6 Å². The third-order valence-corrected chi connectivity index (χ3v) is 2.95. The topological polar surface area (TPSA) is 77.6 Å². The average Bonchev–Trinajstić information content (AvgIpc) is 2.90. The molecule has 1 N–H and O–H groups in total. The lowest BCUT2D eigenvalue weighted by atomic mass is 10.0. The van der Waals surface area contributed by atoms with E-state index in [0.717, 1.165) is 5.56 Å². The Morgan fingerprint density at radius 3 is 2.62 bits per heavy atom. The number of carbonyl (C=O) groups excluding carboxylic acids is 2. The number of rotatable bonds is 8. The molecule has 0 radical (unpaired) electrons. The van der Waals surface area contributed by atoms with Gasteiger partial charge in [0.15, 0.2) is 0 Å². The first-order valence-corrected chi connectivity index (χ1v) is 7.68. The van der Waals surface area contributed by atoms with Crippen LogP contribution in [-0.2, 0) is 25.4 Å². The van der Waals surface area contributed by atoms with Crippen LogP contribution in [0.3, 0.4) is 0 Å². The third-order valence-electron chi connectivity index (χ3n) is 2.95. The normalized spacial score (nSPS) is 11.3. The second kappa shape index (κ2) is 8.96. The number of methoxy groups -OCH3 is 1. The van der Waals surface area contributed by atoms with E-state index in [-0.39, 0.29) is 19.0 Å². The summed E-state index contributed by atoms with van der Waals surface area (Å²) in [7, 11) is 1.53. The number of hydrogen-bond acceptors (Lipinski definition) is 5. The zero-order chi connectivity index (χ0) is 18.2. The van der Waals surface area contributed by atoms with Crippen molar-refractivity contribution < 1.29 is 23.8 Å². The summed E-state index contributed by atoms with van der Waals surface area (Å²) in [6.45, 7) is 9.06. The molecule has 0 aliphatic rings. The smallest absolute Gasteiger partial charge is 0.355 e. The lowest BCUT2D eigenvalue weighted by molar-refractivity contribution is -0.142. The zero-order valence-corrected chi connectivity index (χ0v) is 14.7. The zero-order valence-electron chi connectivity index (χ0n) is 14.7. The molecule has 0 unspecified atom stereocenters. The third kappa shape index (κ3) is 6.32. The second-order valence-electron chi connectivity index (χ2n) is 6.11. The van der Waals surface area contributed by atoms with Crippen molar-refractivity contribution in [1.29, 1.82) is 0 Å². The Morgan fingerprint density at radius 2 is 2.04 bits per heavy atom. The summed E-state index contributed by atoms with van der Waals surface area (Å²) in [4.78, 5) is 27.0. The van der Waals surface area contributed by atoms with E-state index in [1.54, 1.807) is 33.0 Å². The fraction of sp³-hybridized carbons (Fsp3) is 0.444. The molecule has 0 bridgehead atoms. The summed E-state index contributed by atoms with van der Waals surface area (Å²) in [5, 5.41) is 0. The van der Waals surface area contributed by atoms with Crippen LogP contribution in [0.15, 0.2) is 25.1 Å². The minimum atomic E-state index is -0.606. The standard InChI is InChI=1S/C18H25NO5/c1-6-10-23-15(20)8-7-14-13(9-11-22-5)12-19-16(14)17(21)24-18(2,3)4/h6,9,11-12,19H,1,7-8,10H2,2-5H3/b11-9+. The molecule has 0 atom stereocenters. The fourth-order valence-corrected chi connectivity index (χ4v) is 1.99. The summed E-state index contributed by atoms with van der Waals surface area (Å²) >= 11 is 0. The van der Waals surface area contributed by atoms with Gasteiger partial charge in [0.1, 0.15) is 17.9 Å². The van der Waals surface area contributed by atoms with Crippen molar-refractivity contribution in [3.63, 3.8) is 0 Å². The molecule has 1 rings (SSSR count). The van der Waals surface area contributed by atoms with Gasteiger partial charge in [0, 0.05) is 12.6 Å². The minimum Gasteiger partial charge on any atom is -0.504 e. The Labute approximate surface area is 142 Å². The van der Waals surface area contributed by atoms with E-state index in [0.29, 0.717) is 17.7 Å². The maximum Gasteiger partial charge on any atom is 0.355 e. The Kier molecular flexibility index (Phi) is 7.30. The van der Waals surface area contributed by atoms with Gasteiger partial charge in [-0.3, -0.25) is 4.79 Å². The van der Waals surface area contributed by atoms with Gasteiger partial charge >= 0.3 is 11.9 Å². The lowest BCUT2D eigenvalue weighted by Gasteiger charge is -2.19. The monoisotopic (exact) mass is 335 g/mol. The van der Waals surface area contributed by atoms with Crippen molar-refractivity contribution in [2.75, 3.05) is 13.7 Å². The fourth-order valence-electron chi connectivity index (χ4n) is 1.99. The summed E-state index contributed by atoms with van der Waals surface area (Å²) in [5.41, 5.74) is 1.17. The summed E-state index contributed by atoms with van der Waals surface area (Å²) in [6, 6.07) is 0. The first kappa shape index (κ1) is 19.5. The van der Waals surface area contributed by atoms with Crippen LogP contribution >= 0.6 is 0 Å². The van der Waals surface area contributed by atoms with Gasteiger partial charge in [-0.05, 0) is 44.4 Å². The molecule has 6 heteroatoms. The molecule has 0 aromatic carbocycles. The predicted molar refractivity (Wildman–Crippen MR) is 91.5 cm³/mol. The van der Waals surface area contributed by atoms with Gasteiger partial charge < -0.3 is 19.2 Å². The first-order valence-electron chi connectivity index (χ1n) is 7.68. The predicted octanol–water partition coefficient (Wildman–Crippen LogP) is 3.25. The first-order chi connectivity index (χ1) is 11.3. The SMILES string of the molecule is C=CCOC(=O)CCc1c(/C=C/OC)c[nH]c1C(=O)OC(C)(C)C. The van der Waals surface area contributed by atoms with Gasteiger partial charge in [-0.1, -0.05) is 12.7 Å². The number of aromatic amines is 1. The van der Waals surface area contributed by atoms with E-state index >= 15 is 0 Å². The molecular formula is C18H25NO5. The summed E-state index contributed by atoms with van der Waals surface area (Å²) < 4.78 is 15.3. The Balaban J connectivity index is 2.97. The van der Waals surface area contributed by atoms with E-state index in [1.807, 2.05) is 0 Å². The van der Waals surface area contributed by atoms with Gasteiger partial charge in [0.05, 0.1) is 13.4 Å². The summed E-state index contributed by atoms with van der Waals surface area (Å²) in [6.07, 6.45) is 6.90. The average molecular weight is 335 g/mol. The highest BCUT2D eigenvalue weighted by Gasteiger charge is 2.23. The molecule has 1 aromatic heterocycles. The number of nitrogens with one attached hydrogen (secondary N) is 1. The molecule has 1 heterocycles. The molecule has 0 amide bonds. The summed E-state index contributed by atoms with van der Waals surface area (Å²) in [5.74, 6) is -0.818. The molecule has 0 aliphatic carbocycles. The molecule has 1 aromatic rings. The Hall–Kier alpha value is -2.50. The second-order valence-corrected chi connectivity index (χ2v) is 6.11. The molecule has 24 heavy (non-hydrogen) atoms. The molecule has 6 nitrogen and oxygen atoms in total. The number of ether oxygens (including phenoxy) is 3. The highest BCUT2D eigenvalue weighted by molar-refractivity contribution is 5.91. The Bertz CT molecular complexity index is 607. The van der Waals surface area contributed by atoms with Gasteiger partial charge in [0.25, 0.3) is 0 Å². The number of H-pyrrole nitrogens is 1. The van der Waals surface area contributed by atoms with Crippen molar-refractivity contribution in [2.45, 2.75) is 39.2 Å². The van der Waals surface area contributed by atoms with Crippen molar-refractivity contribution in [2.24, 2.45) is 0 Å². The van der Waals surface area contributed by atoms with E-state index in [2.05, 4.69) is 11.6 Å². The maximum atomic E-state index is 12.3. The molecule has 0 aliphatic heterocycles. The van der Waals surface area contributed by atoms with Crippen LogP contribution in [-0.4, -0.2) is 36.2 Å². The lowest BCUT2D eigenvalue weighted by Crippen LogP contribution is -2.24. The molecule has 0 fully saturated rings. The van der Waals surface area contributed by atoms with Gasteiger partial charge in [-0.2, -0.15) is 0 Å². The molecule has 0 saturated carbocycles. The van der Waals surface area contributed by atoms with Crippen LogP contribution in [0.5, 0.6) is 0 Å². The highest BCUT2D eigenvalue weighted by atomic mass is 16.6. The maximum absolute atomic E-state index is 12.3. The largest absolute Gasteiger partial charge is 0.504 e. The van der Waals surface area contributed by atoms with Crippen molar-refractivity contribution >= 4 is 18.0 Å². The molecular weight excluding hydrogens is 310 g/mol.